The van der Waals surface area contributed by atoms with E-state index in [1.165, 1.54) is 16.2 Å². The predicted octanol–water partition coefficient (Wildman–Crippen LogP) is 5.89. The Labute approximate surface area is 176 Å². The van der Waals surface area contributed by atoms with Crippen molar-refractivity contribution in [2.45, 2.75) is 25.7 Å². The first-order valence-electron chi connectivity index (χ1n) is 9.19. The summed E-state index contributed by atoms with van der Waals surface area (Å²) in [6.45, 7) is 0. The van der Waals surface area contributed by atoms with Gasteiger partial charge in [-0.15, -0.1) is 11.3 Å². The number of fused-ring (bicyclic) bond motifs is 1. The summed E-state index contributed by atoms with van der Waals surface area (Å²) in [7, 11) is 0. The van der Waals surface area contributed by atoms with Crippen molar-refractivity contribution in [2.75, 3.05) is 10.6 Å². The third kappa shape index (κ3) is 4.03. The highest BCUT2D eigenvalue weighted by molar-refractivity contribution is 9.10. The molecule has 0 fully saturated rings. The largest absolute Gasteiger partial charge is 0.322 e. The van der Waals surface area contributed by atoms with Crippen LogP contribution >= 0.6 is 27.3 Å². The molecule has 1 aromatic heterocycles. The molecule has 142 valence electrons. The van der Waals surface area contributed by atoms with Crippen LogP contribution in [0.25, 0.3) is 0 Å². The Hall–Kier alpha value is -2.44. The summed E-state index contributed by atoms with van der Waals surface area (Å²) in [5.74, 6) is -0.373. The molecular formula is C22H19BrN2O2S. The maximum atomic E-state index is 13.1. The number of aryl methyl sites for hydroxylation is 1. The number of nitrogens with one attached hydrogen (secondary N) is 2. The molecule has 4 rings (SSSR count). The zero-order chi connectivity index (χ0) is 19.5. The minimum absolute atomic E-state index is 0.176. The molecule has 0 atom stereocenters. The molecule has 0 saturated carbocycles. The first-order chi connectivity index (χ1) is 13.6. The van der Waals surface area contributed by atoms with Gasteiger partial charge in [0.25, 0.3) is 11.8 Å². The van der Waals surface area contributed by atoms with Gasteiger partial charge in [0, 0.05) is 20.6 Å². The van der Waals surface area contributed by atoms with Crippen LogP contribution in [0, 0.1) is 0 Å². The molecule has 4 nitrogen and oxygen atoms in total. The van der Waals surface area contributed by atoms with E-state index in [4.69, 9.17) is 0 Å². The molecule has 2 aromatic carbocycles. The smallest absolute Gasteiger partial charge is 0.258 e. The lowest BCUT2D eigenvalue weighted by Gasteiger charge is -2.13. The van der Waals surface area contributed by atoms with Gasteiger partial charge in [-0.3, -0.25) is 9.59 Å². The molecule has 28 heavy (non-hydrogen) atoms. The molecule has 3 aromatic rings. The molecule has 0 bridgehead atoms. The topological polar surface area (TPSA) is 58.2 Å². The molecule has 0 radical (unpaired) electrons. The van der Waals surface area contributed by atoms with Crippen LogP contribution in [-0.4, -0.2) is 11.8 Å². The molecule has 0 spiro atoms. The van der Waals surface area contributed by atoms with Gasteiger partial charge >= 0.3 is 0 Å². The summed E-state index contributed by atoms with van der Waals surface area (Å²) in [5, 5.41) is 6.58. The monoisotopic (exact) mass is 454 g/mol. The fraction of sp³-hybridized carbons (Fsp3) is 0.182. The average Bonchev–Trinajstić information content (AvgIpc) is 3.08. The van der Waals surface area contributed by atoms with Crippen molar-refractivity contribution in [1.29, 1.82) is 0 Å². The van der Waals surface area contributed by atoms with Crippen LogP contribution in [-0.2, 0) is 12.8 Å². The SMILES string of the molecule is O=C(Nc1sc2c(c1C(=O)Nc1ccc(Br)cc1)CCCC2)c1ccccc1. The summed E-state index contributed by atoms with van der Waals surface area (Å²) >= 11 is 4.93. The van der Waals surface area contributed by atoms with Crippen LogP contribution < -0.4 is 10.6 Å². The molecule has 1 aliphatic carbocycles. The van der Waals surface area contributed by atoms with Crippen LogP contribution in [0.15, 0.2) is 59.1 Å². The van der Waals surface area contributed by atoms with E-state index in [1.807, 2.05) is 42.5 Å². The second-order valence-corrected chi connectivity index (χ2v) is 8.72. The minimum Gasteiger partial charge on any atom is -0.322 e. The fourth-order valence-electron chi connectivity index (χ4n) is 3.39. The molecule has 0 unspecified atom stereocenters. The second-order valence-electron chi connectivity index (χ2n) is 6.70. The maximum Gasteiger partial charge on any atom is 0.258 e. The number of rotatable bonds is 4. The van der Waals surface area contributed by atoms with Gasteiger partial charge < -0.3 is 10.6 Å². The third-order valence-electron chi connectivity index (χ3n) is 4.76. The molecule has 2 amide bonds. The van der Waals surface area contributed by atoms with E-state index in [9.17, 15) is 9.59 Å². The summed E-state index contributed by atoms with van der Waals surface area (Å²) in [5.41, 5.74) is 2.98. The van der Waals surface area contributed by atoms with Gasteiger partial charge in [0.2, 0.25) is 0 Å². The number of carbonyl (C=O) groups is 2. The van der Waals surface area contributed by atoms with Gasteiger partial charge in [0.05, 0.1) is 5.56 Å². The van der Waals surface area contributed by atoms with Gasteiger partial charge in [0.15, 0.2) is 0 Å². The van der Waals surface area contributed by atoms with Crippen LogP contribution in [0.5, 0.6) is 0 Å². The number of benzene rings is 2. The summed E-state index contributed by atoms with van der Waals surface area (Å²) < 4.78 is 0.953. The Morgan fingerprint density at radius 1 is 0.857 bits per heavy atom. The Kier molecular flexibility index (Phi) is 5.59. The number of amides is 2. The Bertz CT molecular complexity index is 1010. The van der Waals surface area contributed by atoms with E-state index >= 15 is 0 Å². The Morgan fingerprint density at radius 3 is 2.32 bits per heavy atom. The van der Waals surface area contributed by atoms with Crippen molar-refractivity contribution in [2.24, 2.45) is 0 Å². The highest BCUT2D eigenvalue weighted by Crippen LogP contribution is 2.38. The Morgan fingerprint density at radius 2 is 1.57 bits per heavy atom. The van der Waals surface area contributed by atoms with Crippen LogP contribution in [0.2, 0.25) is 0 Å². The Balaban J connectivity index is 1.65. The van der Waals surface area contributed by atoms with Gasteiger partial charge in [-0.1, -0.05) is 34.1 Å². The van der Waals surface area contributed by atoms with Crippen molar-refractivity contribution in [3.05, 3.63) is 80.6 Å². The molecule has 2 N–H and O–H groups in total. The number of carbonyl (C=O) groups excluding carboxylic acids is 2. The van der Waals surface area contributed by atoms with Crippen molar-refractivity contribution in [3.63, 3.8) is 0 Å². The lowest BCUT2D eigenvalue weighted by atomic mass is 9.95. The lowest BCUT2D eigenvalue weighted by molar-refractivity contribution is 0.102. The quantitative estimate of drug-likeness (QED) is 0.515. The molecule has 0 saturated heterocycles. The van der Waals surface area contributed by atoms with Crippen molar-refractivity contribution < 1.29 is 9.59 Å². The van der Waals surface area contributed by atoms with Crippen molar-refractivity contribution >= 4 is 49.8 Å². The number of thiophene rings is 1. The molecule has 1 aliphatic rings. The minimum atomic E-state index is -0.197. The van der Waals surface area contributed by atoms with E-state index < -0.39 is 0 Å². The summed E-state index contributed by atoms with van der Waals surface area (Å²) in [6.07, 6.45) is 4.01. The molecular weight excluding hydrogens is 436 g/mol. The first kappa shape index (κ1) is 18.9. The van der Waals surface area contributed by atoms with Gasteiger partial charge in [-0.25, -0.2) is 0 Å². The van der Waals surface area contributed by atoms with Gasteiger partial charge in [-0.2, -0.15) is 0 Å². The molecule has 1 heterocycles. The number of halogens is 1. The average molecular weight is 455 g/mol. The lowest BCUT2D eigenvalue weighted by Crippen LogP contribution is -2.18. The summed E-state index contributed by atoms with van der Waals surface area (Å²) in [6, 6.07) is 16.5. The zero-order valence-corrected chi connectivity index (χ0v) is 17.5. The van der Waals surface area contributed by atoms with Gasteiger partial charge in [0.1, 0.15) is 5.00 Å². The molecule has 6 heteroatoms. The van der Waals surface area contributed by atoms with Crippen LogP contribution in [0.1, 0.15) is 44.0 Å². The standard InChI is InChI=1S/C22H19BrN2O2S/c23-15-10-12-16(13-11-15)24-21(27)19-17-8-4-5-9-18(17)28-22(19)25-20(26)14-6-2-1-3-7-14/h1-3,6-7,10-13H,4-5,8-9H2,(H,24,27)(H,25,26). The molecule has 0 aliphatic heterocycles. The van der Waals surface area contributed by atoms with Crippen LogP contribution in [0.3, 0.4) is 0 Å². The van der Waals surface area contributed by atoms with E-state index in [0.717, 1.165) is 41.4 Å². The highest BCUT2D eigenvalue weighted by Gasteiger charge is 2.26. The second kappa shape index (κ2) is 8.29. The van der Waals surface area contributed by atoms with Crippen LogP contribution in [0.4, 0.5) is 10.7 Å². The van der Waals surface area contributed by atoms with E-state index in [-0.39, 0.29) is 11.8 Å². The maximum absolute atomic E-state index is 13.1. The predicted molar refractivity (Wildman–Crippen MR) is 117 cm³/mol. The zero-order valence-electron chi connectivity index (χ0n) is 15.1. The fourth-order valence-corrected chi connectivity index (χ4v) is 4.93. The third-order valence-corrected chi connectivity index (χ3v) is 6.50. The van der Waals surface area contributed by atoms with E-state index in [2.05, 4.69) is 26.6 Å². The van der Waals surface area contributed by atoms with E-state index in [0.29, 0.717) is 16.1 Å². The normalized spacial score (nSPS) is 12.9. The number of anilines is 2. The highest BCUT2D eigenvalue weighted by atomic mass is 79.9. The van der Waals surface area contributed by atoms with Crippen molar-refractivity contribution in [1.82, 2.24) is 0 Å². The van der Waals surface area contributed by atoms with Gasteiger partial charge in [-0.05, 0) is 67.6 Å². The number of hydrogen-bond donors (Lipinski definition) is 2. The summed E-state index contributed by atoms with van der Waals surface area (Å²) in [4.78, 5) is 27.0. The van der Waals surface area contributed by atoms with E-state index in [1.54, 1.807) is 12.1 Å². The number of hydrogen-bond acceptors (Lipinski definition) is 3. The first-order valence-corrected chi connectivity index (χ1v) is 10.8. The van der Waals surface area contributed by atoms with Crippen molar-refractivity contribution in [3.8, 4) is 0 Å².